The molecule has 0 aliphatic carbocycles. The average Bonchev–Trinajstić information content (AvgIpc) is 2.98. The zero-order valence-corrected chi connectivity index (χ0v) is 15.6. The summed E-state index contributed by atoms with van der Waals surface area (Å²) in [4.78, 5) is 18.2. The summed E-state index contributed by atoms with van der Waals surface area (Å²) in [7, 11) is 1.71. The molecule has 0 radical (unpaired) electrons. The Kier molecular flexibility index (Phi) is 5.99. The maximum Gasteiger partial charge on any atom is 0.230 e. The molecule has 0 aliphatic heterocycles. The van der Waals surface area contributed by atoms with E-state index >= 15 is 0 Å². The van der Waals surface area contributed by atoms with E-state index in [9.17, 15) is 4.79 Å². The Bertz CT molecular complexity index is 785. The summed E-state index contributed by atoms with van der Waals surface area (Å²) in [6.45, 7) is 5.59. The molecule has 0 aliphatic rings. The molecule has 0 spiro atoms. The Morgan fingerprint density at radius 3 is 2.75 bits per heavy atom. The van der Waals surface area contributed by atoms with Gasteiger partial charge in [-0.3, -0.25) is 15.1 Å². The average molecular weight is 361 g/mol. The van der Waals surface area contributed by atoms with Crippen molar-refractivity contribution in [3.8, 4) is 0 Å². The number of nitrogens with zero attached hydrogens (tertiary/aromatic N) is 3. The molecule has 2 aromatic rings. The molecule has 0 unspecified atom stereocenters. The minimum Gasteiger partial charge on any atom is -0.364 e. The van der Waals surface area contributed by atoms with Crippen LogP contribution in [0.5, 0.6) is 0 Å². The molecule has 0 bridgehead atoms. The van der Waals surface area contributed by atoms with Gasteiger partial charge in [0.15, 0.2) is 10.2 Å². The van der Waals surface area contributed by atoms with E-state index in [2.05, 4.69) is 20.8 Å². The number of amides is 1. The van der Waals surface area contributed by atoms with E-state index in [4.69, 9.17) is 12.2 Å². The second kappa shape index (κ2) is 7.98. The lowest BCUT2D eigenvalue weighted by Gasteiger charge is -2.19. The number of nitrogens with one attached hydrogen (secondary N) is 2. The number of anilines is 2. The number of hydrogen-bond donors (Lipinski definition) is 2. The first-order valence-electron chi connectivity index (χ1n) is 7.26. The van der Waals surface area contributed by atoms with Crippen LogP contribution in [0.25, 0.3) is 0 Å². The van der Waals surface area contributed by atoms with Crippen molar-refractivity contribution in [1.82, 2.24) is 15.7 Å². The molecule has 0 atom stereocenters. The normalized spacial score (nSPS) is 10.7. The molecule has 1 heterocycles. The number of carbonyl (C=O) groups excluding carboxylic acids is 1. The van der Waals surface area contributed by atoms with Crippen LogP contribution in [0, 0.1) is 13.8 Å². The van der Waals surface area contributed by atoms with Gasteiger partial charge in [-0.2, -0.15) is 5.10 Å². The van der Waals surface area contributed by atoms with Crippen molar-refractivity contribution in [1.29, 1.82) is 0 Å². The van der Waals surface area contributed by atoms with Crippen LogP contribution in [-0.4, -0.2) is 29.3 Å². The van der Waals surface area contributed by atoms with Gasteiger partial charge in [-0.05, 0) is 49.3 Å². The van der Waals surface area contributed by atoms with Gasteiger partial charge >= 0.3 is 0 Å². The first-order chi connectivity index (χ1) is 11.4. The van der Waals surface area contributed by atoms with E-state index in [-0.39, 0.29) is 5.91 Å². The maximum atomic E-state index is 12.1. The van der Waals surface area contributed by atoms with Crippen LogP contribution in [0.3, 0.4) is 0 Å². The zero-order chi connectivity index (χ0) is 17.7. The molecule has 0 saturated heterocycles. The second-order valence-electron chi connectivity index (χ2n) is 5.13. The number of thiocarbonyl (C=S) groups is 1. The summed E-state index contributed by atoms with van der Waals surface area (Å²) in [6, 6.07) is 5.91. The summed E-state index contributed by atoms with van der Waals surface area (Å²) in [5.74, 6) is -0.0921. The minimum absolute atomic E-state index is 0.0921. The van der Waals surface area contributed by atoms with Gasteiger partial charge in [-0.1, -0.05) is 6.07 Å². The molecular weight excluding hydrogens is 342 g/mol. The Hall–Kier alpha value is -2.32. The number of thiazole rings is 1. The van der Waals surface area contributed by atoms with Crippen LogP contribution in [0.4, 0.5) is 10.8 Å². The Morgan fingerprint density at radius 2 is 2.12 bits per heavy atom. The minimum atomic E-state index is -0.0921. The highest BCUT2D eigenvalue weighted by molar-refractivity contribution is 7.80. The third-order valence-electron chi connectivity index (χ3n) is 3.35. The largest absolute Gasteiger partial charge is 0.364 e. The van der Waals surface area contributed by atoms with E-state index in [0.29, 0.717) is 15.9 Å². The third-order valence-corrected chi connectivity index (χ3v) is 4.49. The van der Waals surface area contributed by atoms with Crippen molar-refractivity contribution in [3.05, 3.63) is 40.4 Å². The topological polar surface area (TPSA) is 69.6 Å². The molecule has 8 heteroatoms. The van der Waals surface area contributed by atoms with E-state index < -0.39 is 0 Å². The molecule has 0 fully saturated rings. The third kappa shape index (κ3) is 4.36. The molecule has 126 valence electrons. The monoisotopic (exact) mass is 361 g/mol. The number of hydrogen-bond acceptors (Lipinski definition) is 5. The predicted molar refractivity (Wildman–Crippen MR) is 103 cm³/mol. The lowest BCUT2D eigenvalue weighted by molar-refractivity contribution is -0.115. The summed E-state index contributed by atoms with van der Waals surface area (Å²) < 4.78 is 0. The van der Waals surface area contributed by atoms with Crippen LogP contribution >= 0.6 is 23.6 Å². The van der Waals surface area contributed by atoms with Crippen molar-refractivity contribution in [2.24, 2.45) is 5.10 Å². The number of benzene rings is 1. The lowest BCUT2D eigenvalue weighted by Crippen LogP contribution is -2.28. The van der Waals surface area contributed by atoms with E-state index in [0.717, 1.165) is 11.3 Å². The van der Waals surface area contributed by atoms with Crippen molar-refractivity contribution in [3.63, 3.8) is 0 Å². The first kappa shape index (κ1) is 18.0. The van der Waals surface area contributed by atoms with Crippen molar-refractivity contribution >= 4 is 51.6 Å². The van der Waals surface area contributed by atoms with Crippen molar-refractivity contribution in [2.45, 2.75) is 20.8 Å². The van der Waals surface area contributed by atoms with Gasteiger partial charge in [0.05, 0.1) is 17.6 Å². The number of aryl methyl sites for hydroxylation is 2. The fourth-order valence-electron chi connectivity index (χ4n) is 1.94. The molecular formula is C16H19N5OS2. The van der Waals surface area contributed by atoms with E-state index in [1.165, 1.54) is 23.8 Å². The van der Waals surface area contributed by atoms with Crippen LogP contribution in [0.15, 0.2) is 28.7 Å². The summed E-state index contributed by atoms with van der Waals surface area (Å²) in [6.07, 6.45) is 1.56. The summed E-state index contributed by atoms with van der Waals surface area (Å²) >= 11 is 6.31. The van der Waals surface area contributed by atoms with Crippen molar-refractivity contribution in [2.75, 3.05) is 11.9 Å². The van der Waals surface area contributed by atoms with Crippen LogP contribution < -0.4 is 15.6 Å². The van der Waals surface area contributed by atoms with Gasteiger partial charge < -0.3 is 5.32 Å². The predicted octanol–water partition coefficient (Wildman–Crippen LogP) is 2.87. The highest BCUT2D eigenvalue weighted by atomic mass is 32.1. The number of carbonyl (C=O) groups is 1. The standard InChI is InChI=1S/C16H19N5OS2/c1-10-5-6-14(7-11(10)2)21(12(3)22)16-19-13(9-24-16)8-18-20-15(23)17-4/h5-9H,1-4H3,(H2,17,20,23)/b18-8-. The quantitative estimate of drug-likeness (QED) is 0.498. The number of rotatable bonds is 4. The van der Waals surface area contributed by atoms with Crippen LogP contribution in [-0.2, 0) is 4.79 Å². The highest BCUT2D eigenvalue weighted by Crippen LogP contribution is 2.29. The fourth-order valence-corrected chi connectivity index (χ4v) is 2.83. The SMILES string of the molecule is CNC(=S)N/N=C\c1csc(N(C(C)=O)c2ccc(C)c(C)c2)n1. The van der Waals surface area contributed by atoms with Crippen LogP contribution in [0.2, 0.25) is 0 Å². The summed E-state index contributed by atoms with van der Waals surface area (Å²) in [5, 5.41) is 9.60. The Morgan fingerprint density at radius 1 is 1.38 bits per heavy atom. The molecule has 2 N–H and O–H groups in total. The molecule has 1 amide bonds. The van der Waals surface area contributed by atoms with E-state index in [1.54, 1.807) is 18.2 Å². The van der Waals surface area contributed by atoms with Gasteiger partial charge in [0, 0.05) is 19.4 Å². The van der Waals surface area contributed by atoms with Gasteiger partial charge in [0.1, 0.15) is 0 Å². The lowest BCUT2D eigenvalue weighted by atomic mass is 10.1. The highest BCUT2D eigenvalue weighted by Gasteiger charge is 2.18. The number of hydrazone groups is 1. The first-order valence-corrected chi connectivity index (χ1v) is 8.55. The zero-order valence-electron chi connectivity index (χ0n) is 14.0. The molecule has 6 nitrogen and oxygen atoms in total. The van der Waals surface area contributed by atoms with Crippen LogP contribution in [0.1, 0.15) is 23.7 Å². The Balaban J connectivity index is 2.25. The molecule has 24 heavy (non-hydrogen) atoms. The van der Waals surface area contributed by atoms with Gasteiger partial charge in [0.25, 0.3) is 0 Å². The fraction of sp³-hybridized carbons (Fsp3) is 0.250. The summed E-state index contributed by atoms with van der Waals surface area (Å²) in [5.41, 5.74) is 6.42. The Labute approximate surface area is 150 Å². The molecule has 1 aromatic carbocycles. The second-order valence-corrected chi connectivity index (χ2v) is 6.37. The maximum absolute atomic E-state index is 12.1. The van der Waals surface area contributed by atoms with Gasteiger partial charge in [-0.25, -0.2) is 4.98 Å². The molecule has 1 aromatic heterocycles. The van der Waals surface area contributed by atoms with Gasteiger partial charge in [0.2, 0.25) is 5.91 Å². The molecule has 2 rings (SSSR count). The van der Waals surface area contributed by atoms with E-state index in [1.807, 2.05) is 37.4 Å². The smallest absolute Gasteiger partial charge is 0.230 e. The molecule has 0 saturated carbocycles. The van der Waals surface area contributed by atoms with Gasteiger partial charge in [-0.15, -0.1) is 11.3 Å². The van der Waals surface area contributed by atoms with Crippen molar-refractivity contribution < 1.29 is 4.79 Å². The number of aromatic nitrogens is 1.